The highest BCUT2D eigenvalue weighted by molar-refractivity contribution is 6.35. The Morgan fingerprint density at radius 1 is 1.04 bits per heavy atom. The molecule has 0 aliphatic carbocycles. The minimum Gasteiger partial charge on any atom is -0.481 e. The number of ether oxygens (including phenoxy) is 1. The van der Waals surface area contributed by atoms with Gasteiger partial charge in [-0.3, -0.25) is 4.79 Å². The molecule has 2 aromatic heterocycles. The van der Waals surface area contributed by atoms with Crippen molar-refractivity contribution in [3.8, 4) is 17.3 Å². The van der Waals surface area contributed by atoms with Crippen LogP contribution in [0.1, 0.15) is 11.1 Å². The van der Waals surface area contributed by atoms with Crippen molar-refractivity contribution in [3.05, 3.63) is 86.2 Å². The summed E-state index contributed by atoms with van der Waals surface area (Å²) in [6.45, 7) is 1.95. The molecule has 4 aromatic rings. The average molecular weight is 401 g/mol. The first-order valence-corrected chi connectivity index (χ1v) is 8.97. The van der Waals surface area contributed by atoms with E-state index >= 15 is 0 Å². The summed E-state index contributed by atoms with van der Waals surface area (Å²) in [4.78, 5) is 13.1. The predicted molar refractivity (Wildman–Crippen MR) is 106 cm³/mol. The van der Waals surface area contributed by atoms with Gasteiger partial charge in [0.25, 0.3) is 0 Å². The monoisotopic (exact) mass is 400 g/mol. The smallest absolute Gasteiger partial charge is 0.235 e. The summed E-state index contributed by atoms with van der Waals surface area (Å²) >= 11 is 12.4. The minimum absolute atomic E-state index is 0.0222. The molecule has 6 heteroatoms. The molecule has 0 bridgehead atoms. The van der Waals surface area contributed by atoms with Crippen LogP contribution in [0.25, 0.3) is 22.5 Å². The number of hydrogen-bond acceptors (Lipinski definition) is 4. The lowest BCUT2D eigenvalue weighted by Gasteiger charge is -2.12. The van der Waals surface area contributed by atoms with Gasteiger partial charge in [-0.15, -0.1) is 0 Å². The molecule has 0 aliphatic heterocycles. The van der Waals surface area contributed by atoms with Gasteiger partial charge in [0.05, 0.1) is 11.6 Å². The zero-order valence-corrected chi connectivity index (χ0v) is 15.8. The second-order valence-corrected chi connectivity index (χ2v) is 6.87. The molecule has 0 unspecified atom stereocenters. The highest BCUT2D eigenvalue weighted by Gasteiger charge is 2.20. The molecule has 4 nitrogen and oxygen atoms in total. The number of halogens is 2. The van der Waals surface area contributed by atoms with Gasteiger partial charge < -0.3 is 13.6 Å². The quantitative estimate of drug-likeness (QED) is 0.406. The number of aryl methyl sites for hydroxylation is 1. The van der Waals surface area contributed by atoms with Gasteiger partial charge >= 0.3 is 0 Å². The van der Waals surface area contributed by atoms with Crippen LogP contribution in [0.15, 0.2) is 68.4 Å². The van der Waals surface area contributed by atoms with Crippen molar-refractivity contribution < 1.29 is 13.6 Å². The Morgan fingerprint density at radius 2 is 1.81 bits per heavy atom. The number of fused-ring (bicyclic) bond motifs is 1. The summed E-state index contributed by atoms with van der Waals surface area (Å²) in [7, 11) is 0. The first-order valence-electron chi connectivity index (χ1n) is 8.21. The maximum Gasteiger partial charge on any atom is 0.235 e. The summed E-state index contributed by atoms with van der Waals surface area (Å²) in [5.41, 5.74) is 1.75. The Kier molecular flexibility index (Phi) is 4.68. The van der Waals surface area contributed by atoms with Crippen LogP contribution in [0.5, 0.6) is 5.75 Å². The third kappa shape index (κ3) is 3.34. The fraction of sp³-hybridized carbons (Fsp3) is 0.0952. The zero-order valence-electron chi connectivity index (χ0n) is 14.3. The Balaban J connectivity index is 1.85. The predicted octanol–water partition coefficient (Wildman–Crippen LogP) is 6.25. The molecule has 4 rings (SSSR count). The van der Waals surface area contributed by atoms with E-state index in [4.69, 9.17) is 36.8 Å². The molecule has 0 amide bonds. The minimum atomic E-state index is -0.286. The fourth-order valence-electron chi connectivity index (χ4n) is 2.80. The van der Waals surface area contributed by atoms with Gasteiger partial charge in [0.15, 0.2) is 5.76 Å². The van der Waals surface area contributed by atoms with Crippen LogP contribution in [-0.4, -0.2) is 0 Å². The van der Waals surface area contributed by atoms with Crippen LogP contribution in [0.4, 0.5) is 0 Å². The Hall–Kier alpha value is -2.69. The van der Waals surface area contributed by atoms with Crippen LogP contribution >= 0.6 is 23.2 Å². The Bertz CT molecular complexity index is 1160. The average Bonchev–Trinajstić information content (AvgIpc) is 3.17. The SMILES string of the molecule is Cc1ccc2c(=O)c(OCc3c(Cl)cccc3Cl)c(-c3ccco3)oc2c1. The molecule has 0 radical (unpaired) electrons. The van der Waals surface area contributed by atoms with Crippen LogP contribution in [0.2, 0.25) is 10.0 Å². The summed E-state index contributed by atoms with van der Waals surface area (Å²) in [5.74, 6) is 0.680. The van der Waals surface area contributed by atoms with Gasteiger partial charge in [-0.25, -0.2) is 0 Å². The van der Waals surface area contributed by atoms with Gasteiger partial charge in [-0.1, -0.05) is 35.3 Å². The van der Waals surface area contributed by atoms with E-state index in [1.165, 1.54) is 6.26 Å². The van der Waals surface area contributed by atoms with E-state index in [0.29, 0.717) is 32.3 Å². The van der Waals surface area contributed by atoms with Crippen molar-refractivity contribution in [1.29, 1.82) is 0 Å². The lowest BCUT2D eigenvalue weighted by Crippen LogP contribution is -2.10. The molecule has 2 heterocycles. The van der Waals surface area contributed by atoms with Crippen LogP contribution in [0.3, 0.4) is 0 Å². The van der Waals surface area contributed by atoms with Crippen molar-refractivity contribution in [2.75, 3.05) is 0 Å². The normalized spacial score (nSPS) is 11.1. The summed E-state index contributed by atoms with van der Waals surface area (Å²) in [6.07, 6.45) is 1.50. The maximum atomic E-state index is 13.1. The Labute approximate surface area is 164 Å². The zero-order chi connectivity index (χ0) is 19.0. The second-order valence-electron chi connectivity index (χ2n) is 6.06. The molecule has 0 saturated heterocycles. The van der Waals surface area contributed by atoms with Crippen molar-refractivity contribution in [2.24, 2.45) is 0 Å². The standard InChI is InChI=1S/C21H14Cl2O4/c1-12-7-8-13-18(10-12)27-20(17-6-3-9-25-17)21(19(13)24)26-11-14-15(22)4-2-5-16(14)23/h2-10H,11H2,1H3. The van der Waals surface area contributed by atoms with Gasteiger partial charge in [0.1, 0.15) is 12.2 Å². The topological polar surface area (TPSA) is 52.6 Å². The highest BCUT2D eigenvalue weighted by Crippen LogP contribution is 2.33. The Morgan fingerprint density at radius 3 is 2.52 bits per heavy atom. The number of benzene rings is 2. The van der Waals surface area contributed by atoms with Crippen LogP contribution in [-0.2, 0) is 6.61 Å². The molecule has 136 valence electrons. The first-order chi connectivity index (χ1) is 13.0. The summed E-state index contributed by atoms with van der Waals surface area (Å²) in [5, 5.41) is 1.35. The second kappa shape index (κ2) is 7.14. The number of rotatable bonds is 4. The number of furan rings is 1. The third-order valence-corrected chi connectivity index (χ3v) is 4.88. The molecule has 0 aliphatic rings. The van der Waals surface area contributed by atoms with E-state index < -0.39 is 0 Å². The molecule has 0 atom stereocenters. The molecule has 0 N–H and O–H groups in total. The van der Waals surface area contributed by atoms with E-state index in [0.717, 1.165) is 5.56 Å². The fourth-order valence-corrected chi connectivity index (χ4v) is 3.31. The van der Waals surface area contributed by atoms with E-state index in [-0.39, 0.29) is 23.5 Å². The number of hydrogen-bond donors (Lipinski definition) is 0. The summed E-state index contributed by atoms with van der Waals surface area (Å²) < 4.78 is 17.2. The van der Waals surface area contributed by atoms with E-state index in [1.54, 1.807) is 42.5 Å². The highest BCUT2D eigenvalue weighted by atomic mass is 35.5. The van der Waals surface area contributed by atoms with Crippen molar-refractivity contribution in [2.45, 2.75) is 13.5 Å². The molecule has 0 saturated carbocycles. The van der Waals surface area contributed by atoms with E-state index in [9.17, 15) is 4.79 Å². The van der Waals surface area contributed by atoms with Crippen LogP contribution in [0, 0.1) is 6.92 Å². The van der Waals surface area contributed by atoms with Crippen molar-refractivity contribution >= 4 is 34.2 Å². The lowest BCUT2D eigenvalue weighted by atomic mass is 10.1. The van der Waals surface area contributed by atoms with Gasteiger partial charge in [-0.2, -0.15) is 0 Å². The van der Waals surface area contributed by atoms with Gasteiger partial charge in [0, 0.05) is 15.6 Å². The molecular weight excluding hydrogens is 387 g/mol. The van der Waals surface area contributed by atoms with Crippen molar-refractivity contribution in [1.82, 2.24) is 0 Å². The molecule has 2 aromatic carbocycles. The first kappa shape index (κ1) is 17.7. The maximum absolute atomic E-state index is 13.1. The molecular formula is C21H14Cl2O4. The summed E-state index contributed by atoms with van der Waals surface area (Å²) in [6, 6.07) is 14.0. The largest absolute Gasteiger partial charge is 0.481 e. The van der Waals surface area contributed by atoms with E-state index in [2.05, 4.69) is 0 Å². The third-order valence-electron chi connectivity index (χ3n) is 4.17. The molecule has 0 spiro atoms. The van der Waals surface area contributed by atoms with Gasteiger partial charge in [-0.05, 0) is 48.9 Å². The molecule has 27 heavy (non-hydrogen) atoms. The van der Waals surface area contributed by atoms with Crippen LogP contribution < -0.4 is 10.2 Å². The van der Waals surface area contributed by atoms with Crippen molar-refractivity contribution in [3.63, 3.8) is 0 Å². The van der Waals surface area contributed by atoms with Gasteiger partial charge in [0.2, 0.25) is 16.9 Å². The molecule has 0 fully saturated rings. The lowest BCUT2D eigenvalue weighted by molar-refractivity contribution is 0.296. The van der Waals surface area contributed by atoms with E-state index in [1.807, 2.05) is 13.0 Å².